The number of hydrogen-bond acceptors (Lipinski definition) is 5. The first-order valence-electron chi connectivity index (χ1n) is 14.3. The van der Waals surface area contributed by atoms with Gasteiger partial charge in [-0.2, -0.15) is 0 Å². The largest absolute Gasteiger partial charge is 0.497 e. The molecule has 46 heavy (non-hydrogen) atoms. The van der Waals surface area contributed by atoms with Crippen molar-refractivity contribution in [3.63, 3.8) is 0 Å². The normalized spacial score (nSPS) is 11.7. The SMILES string of the molecule is COc1ccc(NC(=O)C(Sc2ccc(NC(=O)/C(=C/c3ccccc3Cl)NC(=O)c3ccccc3)cc2)c2ccccc2)cc1. The molecule has 230 valence electrons. The third-order valence-electron chi connectivity index (χ3n) is 6.80. The van der Waals surface area contributed by atoms with Crippen LogP contribution in [-0.2, 0) is 9.59 Å². The summed E-state index contributed by atoms with van der Waals surface area (Å²) in [5.74, 6) is -0.433. The molecule has 1 atom stereocenters. The first-order valence-corrected chi connectivity index (χ1v) is 15.6. The van der Waals surface area contributed by atoms with Crippen LogP contribution in [0.25, 0.3) is 6.08 Å². The third-order valence-corrected chi connectivity index (χ3v) is 8.41. The van der Waals surface area contributed by atoms with Crippen molar-refractivity contribution in [1.29, 1.82) is 0 Å². The van der Waals surface area contributed by atoms with E-state index in [9.17, 15) is 14.4 Å². The van der Waals surface area contributed by atoms with E-state index in [0.717, 1.165) is 10.5 Å². The van der Waals surface area contributed by atoms with Crippen molar-refractivity contribution in [2.75, 3.05) is 17.7 Å². The molecule has 3 N–H and O–H groups in total. The summed E-state index contributed by atoms with van der Waals surface area (Å²) >= 11 is 7.73. The number of carbonyl (C=O) groups excluding carboxylic acids is 3. The minimum Gasteiger partial charge on any atom is -0.497 e. The maximum Gasteiger partial charge on any atom is 0.272 e. The van der Waals surface area contributed by atoms with Crippen LogP contribution in [0.1, 0.15) is 26.7 Å². The molecule has 0 saturated carbocycles. The molecule has 5 aromatic carbocycles. The van der Waals surface area contributed by atoms with E-state index in [1.165, 1.54) is 17.8 Å². The second-order valence-electron chi connectivity index (χ2n) is 10.0. The van der Waals surface area contributed by atoms with Gasteiger partial charge >= 0.3 is 0 Å². The second-order valence-corrected chi connectivity index (χ2v) is 11.6. The topological polar surface area (TPSA) is 96.5 Å². The molecule has 1 unspecified atom stereocenters. The summed E-state index contributed by atoms with van der Waals surface area (Å²) < 4.78 is 5.21. The molecule has 0 bridgehead atoms. The number of benzene rings is 5. The number of carbonyl (C=O) groups is 3. The van der Waals surface area contributed by atoms with E-state index in [1.54, 1.807) is 98.1 Å². The Morgan fingerprint density at radius 1 is 0.717 bits per heavy atom. The van der Waals surface area contributed by atoms with Crippen LogP contribution in [0.4, 0.5) is 11.4 Å². The van der Waals surface area contributed by atoms with Gasteiger partial charge in [0.25, 0.3) is 11.8 Å². The van der Waals surface area contributed by atoms with Crippen LogP contribution in [0.5, 0.6) is 5.75 Å². The molecule has 5 aromatic rings. The number of rotatable bonds is 11. The molecule has 0 spiro atoms. The summed E-state index contributed by atoms with van der Waals surface area (Å²) in [6.07, 6.45) is 1.54. The maximum absolute atomic E-state index is 13.5. The lowest BCUT2D eigenvalue weighted by molar-refractivity contribution is -0.116. The zero-order valence-corrected chi connectivity index (χ0v) is 26.3. The molecule has 0 aromatic heterocycles. The van der Waals surface area contributed by atoms with Crippen LogP contribution in [0.2, 0.25) is 5.02 Å². The molecular formula is C37H30ClN3O4S. The number of hydrogen-bond donors (Lipinski definition) is 3. The number of ether oxygens (including phenoxy) is 1. The van der Waals surface area contributed by atoms with Crippen molar-refractivity contribution in [3.8, 4) is 5.75 Å². The Hall–Kier alpha value is -5.31. The Kier molecular flexibility index (Phi) is 10.9. The number of amides is 3. The van der Waals surface area contributed by atoms with E-state index in [4.69, 9.17) is 16.3 Å². The number of nitrogens with one attached hydrogen (secondary N) is 3. The monoisotopic (exact) mass is 647 g/mol. The average molecular weight is 648 g/mol. The van der Waals surface area contributed by atoms with Gasteiger partial charge in [0, 0.05) is 26.9 Å². The molecule has 0 aliphatic heterocycles. The Morgan fingerprint density at radius 3 is 1.96 bits per heavy atom. The predicted molar refractivity (Wildman–Crippen MR) is 185 cm³/mol. The zero-order chi connectivity index (χ0) is 32.3. The van der Waals surface area contributed by atoms with Gasteiger partial charge in [0.15, 0.2) is 0 Å². The molecule has 0 radical (unpaired) electrons. The van der Waals surface area contributed by atoms with Gasteiger partial charge < -0.3 is 20.7 Å². The smallest absolute Gasteiger partial charge is 0.272 e. The summed E-state index contributed by atoms with van der Waals surface area (Å²) in [5.41, 5.74) is 3.02. The molecule has 0 fully saturated rings. The molecule has 0 heterocycles. The third kappa shape index (κ3) is 8.65. The highest BCUT2D eigenvalue weighted by Crippen LogP contribution is 2.37. The van der Waals surface area contributed by atoms with Gasteiger partial charge in [-0.05, 0) is 83.9 Å². The Morgan fingerprint density at radius 2 is 1.30 bits per heavy atom. The van der Waals surface area contributed by atoms with E-state index in [-0.39, 0.29) is 11.6 Å². The number of thioether (sulfide) groups is 1. The molecule has 0 saturated heterocycles. The van der Waals surface area contributed by atoms with E-state index in [1.807, 2.05) is 42.5 Å². The molecular weight excluding hydrogens is 618 g/mol. The fourth-order valence-electron chi connectivity index (χ4n) is 4.42. The van der Waals surface area contributed by atoms with E-state index >= 15 is 0 Å². The van der Waals surface area contributed by atoms with Crippen LogP contribution in [0.3, 0.4) is 0 Å². The average Bonchev–Trinajstić information content (AvgIpc) is 3.09. The lowest BCUT2D eigenvalue weighted by atomic mass is 10.1. The Balaban J connectivity index is 1.32. The highest BCUT2D eigenvalue weighted by molar-refractivity contribution is 8.00. The minimum absolute atomic E-state index is 0.0275. The quantitative estimate of drug-likeness (QED) is 0.0991. The molecule has 3 amide bonds. The fraction of sp³-hybridized carbons (Fsp3) is 0.0541. The van der Waals surface area contributed by atoms with Crippen molar-refractivity contribution in [3.05, 3.63) is 161 Å². The van der Waals surface area contributed by atoms with Gasteiger partial charge in [-0.15, -0.1) is 11.8 Å². The van der Waals surface area contributed by atoms with Crippen LogP contribution in [-0.4, -0.2) is 24.8 Å². The highest BCUT2D eigenvalue weighted by Gasteiger charge is 2.23. The second kappa shape index (κ2) is 15.6. The highest BCUT2D eigenvalue weighted by atomic mass is 35.5. The van der Waals surface area contributed by atoms with E-state index < -0.39 is 17.1 Å². The summed E-state index contributed by atoms with van der Waals surface area (Å²) in [6, 6.07) is 39.5. The van der Waals surface area contributed by atoms with Crippen LogP contribution in [0.15, 0.2) is 144 Å². The van der Waals surface area contributed by atoms with Gasteiger partial charge in [-0.1, -0.05) is 78.3 Å². The molecule has 5 rings (SSSR count). The van der Waals surface area contributed by atoms with Crippen molar-refractivity contribution in [2.45, 2.75) is 10.1 Å². The van der Waals surface area contributed by atoms with Gasteiger partial charge in [0.1, 0.15) is 16.7 Å². The number of halogens is 1. The lowest BCUT2D eigenvalue weighted by Gasteiger charge is -2.18. The van der Waals surface area contributed by atoms with Gasteiger partial charge in [-0.25, -0.2) is 0 Å². The summed E-state index contributed by atoms with van der Waals surface area (Å²) in [7, 11) is 1.59. The first-order chi connectivity index (χ1) is 22.4. The van der Waals surface area contributed by atoms with Crippen molar-refractivity contribution in [1.82, 2.24) is 5.32 Å². The van der Waals surface area contributed by atoms with E-state index in [0.29, 0.717) is 33.3 Å². The van der Waals surface area contributed by atoms with E-state index in [2.05, 4.69) is 16.0 Å². The molecule has 0 aliphatic rings. The zero-order valence-electron chi connectivity index (χ0n) is 24.8. The van der Waals surface area contributed by atoms with Crippen LogP contribution >= 0.6 is 23.4 Å². The Bertz CT molecular complexity index is 1830. The molecule has 7 nitrogen and oxygen atoms in total. The first kappa shape index (κ1) is 32.1. The summed E-state index contributed by atoms with van der Waals surface area (Å²) in [5, 5.41) is 8.46. The van der Waals surface area contributed by atoms with Gasteiger partial charge in [0.2, 0.25) is 5.91 Å². The van der Waals surface area contributed by atoms with Crippen LogP contribution in [0, 0.1) is 0 Å². The standard InChI is InChI=1S/C37H30ClN3O4S/c1-45-30-20-16-28(17-21-30)40-37(44)34(25-10-4-2-5-11-25)46-31-22-18-29(19-23-31)39-36(43)33(24-27-14-8-9-15-32(27)38)41-35(42)26-12-6-3-7-13-26/h2-24,34H,1H3,(H,39,43)(H,40,44)(H,41,42)/b33-24-. The lowest BCUT2D eigenvalue weighted by Crippen LogP contribution is -2.30. The number of methoxy groups -OCH3 is 1. The number of anilines is 2. The molecule has 9 heteroatoms. The van der Waals surface area contributed by atoms with Gasteiger partial charge in [-0.3, -0.25) is 14.4 Å². The van der Waals surface area contributed by atoms with Crippen molar-refractivity contribution in [2.24, 2.45) is 0 Å². The van der Waals surface area contributed by atoms with Crippen molar-refractivity contribution >= 4 is 58.5 Å². The van der Waals surface area contributed by atoms with Crippen molar-refractivity contribution < 1.29 is 19.1 Å². The van der Waals surface area contributed by atoms with Gasteiger partial charge in [0.05, 0.1) is 7.11 Å². The Labute approximate surface area is 276 Å². The fourth-order valence-corrected chi connectivity index (χ4v) is 5.64. The molecule has 0 aliphatic carbocycles. The minimum atomic E-state index is -0.540. The maximum atomic E-state index is 13.5. The summed E-state index contributed by atoms with van der Waals surface area (Å²) in [4.78, 5) is 40.7. The summed E-state index contributed by atoms with van der Waals surface area (Å²) in [6.45, 7) is 0. The predicted octanol–water partition coefficient (Wildman–Crippen LogP) is 8.23. The van der Waals surface area contributed by atoms with Crippen LogP contribution < -0.4 is 20.7 Å².